The molecule has 0 unspecified atom stereocenters. The fraction of sp³-hybridized carbons (Fsp3) is 0.321. The van der Waals surface area contributed by atoms with Gasteiger partial charge in [0.05, 0.1) is 0 Å². The average molecular weight is 695 g/mol. The van der Waals surface area contributed by atoms with Gasteiger partial charge in [0.2, 0.25) is 0 Å². The largest absolute Gasteiger partial charge is 0.0654 e. The molecule has 1 aliphatic rings. The fourth-order valence-corrected chi connectivity index (χ4v) is 9.12. The summed E-state index contributed by atoms with van der Waals surface area (Å²) in [6.07, 6.45) is 18.3. The van der Waals surface area contributed by atoms with Crippen LogP contribution in [-0.4, -0.2) is 0 Å². The van der Waals surface area contributed by atoms with Crippen LogP contribution in [0.15, 0.2) is 146 Å². The van der Waals surface area contributed by atoms with E-state index in [1.165, 1.54) is 146 Å². The molecule has 1 aliphatic carbocycles. The van der Waals surface area contributed by atoms with Crippen LogP contribution in [0.25, 0.3) is 55.6 Å². The van der Waals surface area contributed by atoms with E-state index in [1.54, 1.807) is 11.1 Å². The highest BCUT2D eigenvalue weighted by molar-refractivity contribution is 5.91. The lowest BCUT2D eigenvalue weighted by Gasteiger charge is -2.33. The van der Waals surface area contributed by atoms with Crippen molar-refractivity contribution in [3.63, 3.8) is 0 Å². The second kappa shape index (κ2) is 17.9. The van der Waals surface area contributed by atoms with Crippen molar-refractivity contribution in [2.75, 3.05) is 0 Å². The second-order valence-electron chi connectivity index (χ2n) is 15.5. The SMILES string of the molecule is CCCCCCCCC1(CCCCCCCC)c2cc(-c3ccccc3-c3ccccc3)ccc2-c2ccc(-c3ccccc3-c3ccccc3)cc21. The molecule has 6 aromatic carbocycles. The van der Waals surface area contributed by atoms with Crippen LogP contribution in [0.1, 0.15) is 115 Å². The molecule has 0 heterocycles. The highest BCUT2D eigenvalue weighted by Gasteiger charge is 2.42. The van der Waals surface area contributed by atoms with Crippen LogP contribution >= 0.6 is 0 Å². The minimum atomic E-state index is -0.00438. The Labute approximate surface area is 320 Å². The molecule has 0 heteroatoms. The number of unbranched alkanes of at least 4 members (excludes halogenated alkanes) is 10. The highest BCUT2D eigenvalue weighted by atomic mass is 14.5. The number of benzene rings is 6. The average Bonchev–Trinajstić information content (AvgIpc) is 3.49. The Balaban J connectivity index is 1.35. The lowest BCUT2D eigenvalue weighted by molar-refractivity contribution is 0.398. The van der Waals surface area contributed by atoms with Gasteiger partial charge in [-0.05, 0) is 91.7 Å². The van der Waals surface area contributed by atoms with Gasteiger partial charge in [0.15, 0.2) is 0 Å². The molecule has 0 radical (unpaired) electrons. The molecule has 0 aromatic heterocycles. The molecule has 0 nitrogen and oxygen atoms in total. The summed E-state index contributed by atoms with van der Waals surface area (Å²) in [5, 5.41) is 0. The molecule has 0 spiro atoms. The summed E-state index contributed by atoms with van der Waals surface area (Å²) in [6, 6.07) is 54.8. The molecular formula is C53H58. The van der Waals surface area contributed by atoms with Crippen molar-refractivity contribution >= 4 is 0 Å². The summed E-state index contributed by atoms with van der Waals surface area (Å²) < 4.78 is 0. The minimum absolute atomic E-state index is 0.00438. The van der Waals surface area contributed by atoms with Gasteiger partial charge >= 0.3 is 0 Å². The number of hydrogen-bond acceptors (Lipinski definition) is 0. The molecule has 0 saturated carbocycles. The summed E-state index contributed by atoms with van der Waals surface area (Å²) in [4.78, 5) is 0. The van der Waals surface area contributed by atoms with E-state index in [1.807, 2.05) is 0 Å². The van der Waals surface area contributed by atoms with Crippen LogP contribution in [0.4, 0.5) is 0 Å². The molecule has 0 bridgehead atoms. The fourth-order valence-electron chi connectivity index (χ4n) is 9.12. The number of hydrogen-bond donors (Lipinski definition) is 0. The van der Waals surface area contributed by atoms with Crippen molar-refractivity contribution in [3.8, 4) is 55.6 Å². The summed E-state index contributed by atoms with van der Waals surface area (Å²) in [7, 11) is 0. The van der Waals surface area contributed by atoms with E-state index in [9.17, 15) is 0 Å². The molecule has 0 fully saturated rings. The van der Waals surface area contributed by atoms with Gasteiger partial charge in [-0.1, -0.05) is 224 Å². The van der Waals surface area contributed by atoms with Crippen molar-refractivity contribution in [1.29, 1.82) is 0 Å². The minimum Gasteiger partial charge on any atom is -0.0654 e. The molecule has 270 valence electrons. The highest BCUT2D eigenvalue weighted by Crippen LogP contribution is 2.56. The van der Waals surface area contributed by atoms with Crippen LogP contribution in [0.3, 0.4) is 0 Å². The molecular weight excluding hydrogens is 637 g/mol. The van der Waals surface area contributed by atoms with Crippen LogP contribution in [0.5, 0.6) is 0 Å². The molecule has 6 aromatic rings. The summed E-state index contributed by atoms with van der Waals surface area (Å²) in [5.74, 6) is 0. The van der Waals surface area contributed by atoms with E-state index >= 15 is 0 Å². The Hall–Kier alpha value is -4.68. The molecule has 0 atom stereocenters. The van der Waals surface area contributed by atoms with Gasteiger partial charge < -0.3 is 0 Å². The summed E-state index contributed by atoms with van der Waals surface area (Å²) in [6.45, 7) is 4.64. The first-order valence-electron chi connectivity index (χ1n) is 20.8. The number of rotatable bonds is 18. The first-order chi connectivity index (χ1) is 26.2. The molecule has 53 heavy (non-hydrogen) atoms. The zero-order chi connectivity index (χ0) is 36.3. The van der Waals surface area contributed by atoms with E-state index < -0.39 is 0 Å². The van der Waals surface area contributed by atoms with E-state index in [2.05, 4.69) is 159 Å². The second-order valence-corrected chi connectivity index (χ2v) is 15.5. The van der Waals surface area contributed by atoms with Gasteiger partial charge in [0, 0.05) is 5.41 Å². The van der Waals surface area contributed by atoms with Gasteiger partial charge in [0.25, 0.3) is 0 Å². The lowest BCUT2D eigenvalue weighted by Crippen LogP contribution is -2.25. The van der Waals surface area contributed by atoms with Crippen LogP contribution in [-0.2, 0) is 5.41 Å². The predicted molar refractivity (Wildman–Crippen MR) is 230 cm³/mol. The number of fused-ring (bicyclic) bond motifs is 3. The van der Waals surface area contributed by atoms with E-state index in [4.69, 9.17) is 0 Å². The maximum Gasteiger partial charge on any atom is 0.0215 e. The van der Waals surface area contributed by atoms with Gasteiger partial charge in [0.1, 0.15) is 0 Å². The molecule has 7 rings (SSSR count). The summed E-state index contributed by atoms with van der Waals surface area (Å²) >= 11 is 0. The Morgan fingerprint density at radius 2 is 0.642 bits per heavy atom. The van der Waals surface area contributed by atoms with Gasteiger partial charge in [-0.25, -0.2) is 0 Å². The molecule has 0 aliphatic heterocycles. The van der Waals surface area contributed by atoms with Crippen molar-refractivity contribution in [2.24, 2.45) is 0 Å². The zero-order valence-electron chi connectivity index (χ0n) is 32.3. The van der Waals surface area contributed by atoms with Crippen LogP contribution in [0, 0.1) is 0 Å². The Bertz CT molecular complexity index is 1900. The van der Waals surface area contributed by atoms with Crippen molar-refractivity contribution in [2.45, 2.75) is 109 Å². The first-order valence-corrected chi connectivity index (χ1v) is 20.8. The quantitative estimate of drug-likeness (QED) is 0.0786. The third-order valence-electron chi connectivity index (χ3n) is 11.9. The van der Waals surface area contributed by atoms with E-state index in [0.29, 0.717) is 0 Å². The normalized spacial score (nSPS) is 12.8. The predicted octanol–water partition coefficient (Wildman–Crippen LogP) is 16.1. The third kappa shape index (κ3) is 8.13. The third-order valence-corrected chi connectivity index (χ3v) is 11.9. The maximum atomic E-state index is 2.61. The zero-order valence-corrected chi connectivity index (χ0v) is 32.3. The van der Waals surface area contributed by atoms with Gasteiger partial charge in [-0.2, -0.15) is 0 Å². The Kier molecular flexibility index (Phi) is 12.4. The summed E-state index contributed by atoms with van der Waals surface area (Å²) in [5.41, 5.74) is 16.5. The standard InChI is InChI=1S/C53H58/c1-3-5-7-9-11-23-37-53(38-24-12-10-8-6-4-2)51-39-43(47-31-21-19-29-45(47)41-25-15-13-16-26-41)33-35-49(51)50-36-34-44(40-52(50)53)48-32-22-20-30-46(48)42-27-17-14-18-28-42/h13-22,25-36,39-40H,3-12,23-24,37-38H2,1-2H3. The molecule has 0 saturated heterocycles. The topological polar surface area (TPSA) is 0 Å². The van der Waals surface area contributed by atoms with Gasteiger partial charge in [-0.15, -0.1) is 0 Å². The lowest BCUT2D eigenvalue weighted by atomic mass is 9.69. The first kappa shape index (κ1) is 36.7. The van der Waals surface area contributed by atoms with Crippen molar-refractivity contribution < 1.29 is 0 Å². The Morgan fingerprint density at radius 3 is 1.04 bits per heavy atom. The molecule has 0 N–H and O–H groups in total. The maximum absolute atomic E-state index is 2.61. The monoisotopic (exact) mass is 694 g/mol. The van der Waals surface area contributed by atoms with E-state index in [0.717, 1.165) is 0 Å². The Morgan fingerprint density at radius 1 is 0.302 bits per heavy atom. The smallest absolute Gasteiger partial charge is 0.0215 e. The van der Waals surface area contributed by atoms with Crippen molar-refractivity contribution in [3.05, 3.63) is 157 Å². The van der Waals surface area contributed by atoms with Gasteiger partial charge in [-0.3, -0.25) is 0 Å². The van der Waals surface area contributed by atoms with Crippen LogP contribution in [0.2, 0.25) is 0 Å². The molecule has 0 amide bonds. The van der Waals surface area contributed by atoms with E-state index in [-0.39, 0.29) is 5.41 Å². The van der Waals surface area contributed by atoms with Crippen LogP contribution < -0.4 is 0 Å². The van der Waals surface area contributed by atoms with Crippen molar-refractivity contribution in [1.82, 2.24) is 0 Å².